The fraction of sp³-hybridized carbons (Fsp3) is 0.600. The first-order valence-corrected chi connectivity index (χ1v) is 7.10. The van der Waals surface area contributed by atoms with Crippen molar-refractivity contribution in [2.24, 2.45) is 5.92 Å². The van der Waals surface area contributed by atoms with Gasteiger partial charge in [0.05, 0.1) is 4.92 Å². The number of nitro benzene ring substituents is 1. The third-order valence-corrected chi connectivity index (χ3v) is 4.16. The Morgan fingerprint density at radius 3 is 2.63 bits per heavy atom. The summed E-state index contributed by atoms with van der Waals surface area (Å²) in [5.74, 6) is 0.633. The molecular weight excluding hydrogens is 240 g/mol. The molecule has 0 amide bonds. The quantitative estimate of drug-likeness (QED) is 0.650. The minimum atomic E-state index is -0.286. The number of benzene rings is 1. The van der Waals surface area contributed by atoms with Gasteiger partial charge in [0.2, 0.25) is 0 Å². The van der Waals surface area contributed by atoms with Crippen molar-refractivity contribution in [3.05, 3.63) is 33.9 Å². The highest BCUT2D eigenvalue weighted by Gasteiger charge is 2.23. The number of nitrogens with zero attached hydrogens (tertiary/aromatic N) is 1. The van der Waals surface area contributed by atoms with E-state index in [1.807, 2.05) is 12.1 Å². The zero-order chi connectivity index (χ0) is 13.8. The summed E-state index contributed by atoms with van der Waals surface area (Å²) in [5, 5.41) is 14.5. The summed E-state index contributed by atoms with van der Waals surface area (Å²) in [6.07, 6.45) is 6.36. The molecule has 0 bridgehead atoms. The Bertz CT molecular complexity index is 453. The Morgan fingerprint density at radius 2 is 2.00 bits per heavy atom. The van der Waals surface area contributed by atoms with Gasteiger partial charge in [-0.2, -0.15) is 0 Å². The summed E-state index contributed by atoms with van der Waals surface area (Å²) in [4.78, 5) is 10.9. The first-order chi connectivity index (χ1) is 9.09. The average molecular weight is 262 g/mol. The minimum absolute atomic E-state index is 0.213. The van der Waals surface area contributed by atoms with Gasteiger partial charge in [-0.15, -0.1) is 0 Å². The molecule has 1 saturated carbocycles. The predicted molar refractivity (Wildman–Crippen MR) is 77.5 cm³/mol. The summed E-state index contributed by atoms with van der Waals surface area (Å²) >= 11 is 0. The van der Waals surface area contributed by atoms with Gasteiger partial charge in [-0.1, -0.05) is 31.4 Å². The molecule has 1 atom stereocenters. The Kier molecular flexibility index (Phi) is 4.40. The van der Waals surface area contributed by atoms with E-state index in [4.69, 9.17) is 0 Å². The van der Waals surface area contributed by atoms with E-state index >= 15 is 0 Å². The van der Waals surface area contributed by atoms with Gasteiger partial charge < -0.3 is 5.32 Å². The standard InChI is InChI=1S/C15H22N2O2/c1-11-7-6-10-14(15(11)17(18)19)16-12(2)13-8-4-3-5-9-13/h6-7,10,12-13,16H,3-5,8-9H2,1-2H3. The molecule has 0 aliphatic heterocycles. The minimum Gasteiger partial charge on any atom is -0.377 e. The Labute approximate surface area is 114 Å². The molecule has 104 valence electrons. The third-order valence-electron chi connectivity index (χ3n) is 4.16. The van der Waals surface area contributed by atoms with Gasteiger partial charge in [0.15, 0.2) is 0 Å². The second-order valence-corrected chi connectivity index (χ2v) is 5.56. The first kappa shape index (κ1) is 13.8. The number of rotatable bonds is 4. The smallest absolute Gasteiger partial charge is 0.295 e. The summed E-state index contributed by atoms with van der Waals surface area (Å²) in [5.41, 5.74) is 1.58. The first-order valence-electron chi connectivity index (χ1n) is 7.10. The fourth-order valence-corrected chi connectivity index (χ4v) is 3.02. The maximum atomic E-state index is 11.2. The van der Waals surface area contributed by atoms with Crippen LogP contribution in [0.4, 0.5) is 11.4 Å². The maximum Gasteiger partial charge on any atom is 0.295 e. The molecule has 0 heterocycles. The fourth-order valence-electron chi connectivity index (χ4n) is 3.02. The molecule has 0 radical (unpaired) electrons. The van der Waals surface area contributed by atoms with E-state index in [1.54, 1.807) is 13.0 Å². The van der Waals surface area contributed by atoms with Gasteiger partial charge in [0, 0.05) is 11.6 Å². The molecule has 4 nitrogen and oxygen atoms in total. The van der Waals surface area contributed by atoms with Crippen LogP contribution in [0.5, 0.6) is 0 Å². The van der Waals surface area contributed by atoms with Crippen molar-refractivity contribution in [1.82, 2.24) is 0 Å². The second kappa shape index (κ2) is 6.04. The highest BCUT2D eigenvalue weighted by atomic mass is 16.6. The van der Waals surface area contributed by atoms with Gasteiger partial charge in [0.1, 0.15) is 5.69 Å². The van der Waals surface area contributed by atoms with Gasteiger partial charge in [-0.3, -0.25) is 10.1 Å². The van der Waals surface area contributed by atoms with Crippen LogP contribution in [0, 0.1) is 23.0 Å². The van der Waals surface area contributed by atoms with Crippen LogP contribution in [-0.4, -0.2) is 11.0 Å². The lowest BCUT2D eigenvalue weighted by molar-refractivity contribution is -0.384. The molecule has 4 heteroatoms. The van der Waals surface area contributed by atoms with E-state index in [-0.39, 0.29) is 10.6 Å². The van der Waals surface area contributed by atoms with E-state index in [9.17, 15) is 10.1 Å². The van der Waals surface area contributed by atoms with Crippen LogP contribution in [0.15, 0.2) is 18.2 Å². The predicted octanol–water partition coefficient (Wildman–Crippen LogP) is 4.28. The van der Waals surface area contributed by atoms with Crippen molar-refractivity contribution in [1.29, 1.82) is 0 Å². The van der Waals surface area contributed by atoms with E-state index in [1.165, 1.54) is 32.1 Å². The molecule has 1 aromatic rings. The maximum absolute atomic E-state index is 11.2. The van der Waals surface area contributed by atoms with Crippen molar-refractivity contribution >= 4 is 11.4 Å². The van der Waals surface area contributed by atoms with Gasteiger partial charge in [-0.25, -0.2) is 0 Å². The van der Waals surface area contributed by atoms with Gasteiger partial charge in [0.25, 0.3) is 5.69 Å². The SMILES string of the molecule is Cc1cccc(NC(C)C2CCCCC2)c1[N+](=O)[O-]. The number of hydrogen-bond acceptors (Lipinski definition) is 3. The van der Waals surface area contributed by atoms with Crippen LogP contribution < -0.4 is 5.32 Å². The molecule has 1 N–H and O–H groups in total. The summed E-state index contributed by atoms with van der Waals surface area (Å²) in [7, 11) is 0. The average Bonchev–Trinajstić information content (AvgIpc) is 2.39. The number of nitro groups is 1. The van der Waals surface area contributed by atoms with E-state index < -0.39 is 0 Å². The molecule has 0 saturated heterocycles. The zero-order valence-electron chi connectivity index (χ0n) is 11.7. The Morgan fingerprint density at radius 1 is 1.32 bits per heavy atom. The Hall–Kier alpha value is -1.58. The molecule has 2 rings (SSSR count). The number of hydrogen-bond donors (Lipinski definition) is 1. The molecule has 1 aliphatic carbocycles. The molecule has 19 heavy (non-hydrogen) atoms. The van der Waals surface area contributed by atoms with Crippen molar-refractivity contribution in [2.45, 2.75) is 52.0 Å². The molecule has 1 aromatic carbocycles. The second-order valence-electron chi connectivity index (χ2n) is 5.56. The van der Waals surface area contributed by atoms with Crippen molar-refractivity contribution in [3.8, 4) is 0 Å². The van der Waals surface area contributed by atoms with Crippen LogP contribution in [0.25, 0.3) is 0 Å². The van der Waals surface area contributed by atoms with E-state index in [2.05, 4.69) is 12.2 Å². The number of nitrogens with one attached hydrogen (secondary N) is 1. The van der Waals surface area contributed by atoms with Crippen LogP contribution in [0.3, 0.4) is 0 Å². The van der Waals surface area contributed by atoms with Crippen molar-refractivity contribution in [2.75, 3.05) is 5.32 Å². The number of aryl methyl sites for hydroxylation is 1. The van der Waals surface area contributed by atoms with Gasteiger partial charge in [-0.05, 0) is 38.7 Å². The topological polar surface area (TPSA) is 55.2 Å². The summed E-state index contributed by atoms with van der Waals surface area (Å²) in [6, 6.07) is 5.76. The lowest BCUT2D eigenvalue weighted by Gasteiger charge is -2.29. The van der Waals surface area contributed by atoms with Crippen LogP contribution in [0.2, 0.25) is 0 Å². The monoisotopic (exact) mass is 262 g/mol. The lowest BCUT2D eigenvalue weighted by atomic mass is 9.84. The molecule has 1 fully saturated rings. The highest BCUT2D eigenvalue weighted by Crippen LogP contribution is 2.32. The molecule has 0 spiro atoms. The van der Waals surface area contributed by atoms with Crippen LogP contribution in [-0.2, 0) is 0 Å². The Balaban J connectivity index is 2.14. The van der Waals surface area contributed by atoms with Gasteiger partial charge >= 0.3 is 0 Å². The highest BCUT2D eigenvalue weighted by molar-refractivity contribution is 5.65. The molecular formula is C15H22N2O2. The summed E-state index contributed by atoms with van der Waals surface area (Å²) in [6.45, 7) is 3.93. The van der Waals surface area contributed by atoms with Crippen molar-refractivity contribution in [3.63, 3.8) is 0 Å². The normalized spacial score (nSPS) is 18.0. The van der Waals surface area contributed by atoms with E-state index in [0.717, 1.165) is 0 Å². The molecule has 1 unspecified atom stereocenters. The summed E-state index contributed by atoms with van der Waals surface area (Å²) < 4.78 is 0. The third kappa shape index (κ3) is 3.25. The largest absolute Gasteiger partial charge is 0.377 e. The van der Waals surface area contributed by atoms with Crippen LogP contribution in [0.1, 0.15) is 44.6 Å². The van der Waals surface area contributed by atoms with E-state index in [0.29, 0.717) is 23.2 Å². The number of para-hydroxylation sites is 1. The number of anilines is 1. The van der Waals surface area contributed by atoms with Crippen molar-refractivity contribution < 1.29 is 4.92 Å². The lowest BCUT2D eigenvalue weighted by Crippen LogP contribution is -2.28. The zero-order valence-corrected chi connectivity index (χ0v) is 11.7. The van der Waals surface area contributed by atoms with Crippen LogP contribution >= 0.6 is 0 Å². The molecule has 1 aliphatic rings. The molecule has 0 aromatic heterocycles.